The van der Waals surface area contributed by atoms with Gasteiger partial charge in [-0.15, -0.1) is 0 Å². The maximum absolute atomic E-state index is 12.8. The maximum Gasteiger partial charge on any atom is 0.469 e. The van der Waals surface area contributed by atoms with Crippen LogP contribution in [0, 0.1) is 6.92 Å². The molecule has 2 aromatic carbocycles. The molecule has 1 saturated heterocycles. The van der Waals surface area contributed by atoms with E-state index in [4.69, 9.17) is 20.3 Å². The average molecular weight is 543 g/mol. The summed E-state index contributed by atoms with van der Waals surface area (Å²) in [7, 11) is -4.83. The number of rotatable bonds is 7. The highest BCUT2D eigenvalue weighted by molar-refractivity contribution is 7.46. The summed E-state index contributed by atoms with van der Waals surface area (Å²) in [5, 5.41) is 33.9. The molecule has 6 N–H and O–H groups in total. The third-order valence-corrected chi connectivity index (χ3v) is 6.91. The smallest absolute Gasteiger partial charge is 0.469 e. The molecular formula is C24H26N5O8P. The summed E-state index contributed by atoms with van der Waals surface area (Å²) in [5.41, 5.74) is 10.0. The van der Waals surface area contributed by atoms with Gasteiger partial charge in [0.1, 0.15) is 18.3 Å². The molecule has 1 aliphatic heterocycles. The first-order chi connectivity index (χ1) is 18.0. The predicted octanol–water partition coefficient (Wildman–Crippen LogP) is 0.127. The highest BCUT2D eigenvalue weighted by Gasteiger charge is 2.47. The zero-order valence-electron chi connectivity index (χ0n) is 20.2. The van der Waals surface area contributed by atoms with Gasteiger partial charge in [0.25, 0.3) is 5.95 Å². The van der Waals surface area contributed by atoms with Crippen LogP contribution in [0.25, 0.3) is 22.3 Å². The molecule has 0 amide bonds. The molecular weight excluding hydrogens is 517 g/mol. The predicted molar refractivity (Wildman–Crippen MR) is 131 cm³/mol. The van der Waals surface area contributed by atoms with Gasteiger partial charge in [-0.25, -0.2) is 14.1 Å². The van der Waals surface area contributed by atoms with E-state index in [1.807, 2.05) is 55.5 Å². The lowest BCUT2D eigenvalue weighted by atomic mass is 10.00. The third kappa shape index (κ3) is 5.13. The number of nitrogens with zero attached hydrogens (tertiary/aromatic N) is 4. The highest BCUT2D eigenvalue weighted by atomic mass is 31.2. The van der Waals surface area contributed by atoms with Crippen molar-refractivity contribution < 1.29 is 43.5 Å². The number of nitrogens with two attached hydrogens (primary N) is 1. The Morgan fingerprint density at radius 1 is 1.13 bits per heavy atom. The van der Waals surface area contributed by atoms with Crippen molar-refractivity contribution in [3.05, 3.63) is 66.0 Å². The number of imidazole rings is 1. The molecule has 0 radical (unpaired) electrons. The number of anilines is 1. The van der Waals surface area contributed by atoms with Gasteiger partial charge >= 0.3 is 13.5 Å². The number of aryl methyl sites for hydroxylation is 1. The van der Waals surface area contributed by atoms with Crippen LogP contribution in [0.2, 0.25) is 0 Å². The van der Waals surface area contributed by atoms with Crippen molar-refractivity contribution in [2.75, 3.05) is 12.3 Å². The molecule has 3 heterocycles. The molecule has 2 aromatic heterocycles. The average Bonchev–Trinajstić information content (AvgIpc) is 3.35. The van der Waals surface area contributed by atoms with Crippen molar-refractivity contribution in [3.8, 4) is 17.0 Å². The number of benzene rings is 2. The minimum Gasteiger partial charge on any atom is -0.856 e. The first-order valence-electron chi connectivity index (χ1n) is 11.6. The van der Waals surface area contributed by atoms with E-state index >= 15 is 0 Å². The van der Waals surface area contributed by atoms with Crippen LogP contribution in [0.5, 0.6) is 5.88 Å². The fourth-order valence-electron chi connectivity index (χ4n) is 4.59. The molecule has 1 fully saturated rings. The highest BCUT2D eigenvalue weighted by Crippen LogP contribution is 2.38. The van der Waals surface area contributed by atoms with E-state index in [1.54, 1.807) is 4.57 Å². The van der Waals surface area contributed by atoms with Gasteiger partial charge in [0.05, 0.1) is 13.2 Å². The van der Waals surface area contributed by atoms with E-state index < -0.39 is 44.8 Å². The van der Waals surface area contributed by atoms with Gasteiger partial charge < -0.3 is 35.6 Å². The largest absolute Gasteiger partial charge is 0.856 e. The van der Waals surface area contributed by atoms with Gasteiger partial charge in [-0.05, 0) is 29.2 Å². The van der Waals surface area contributed by atoms with Crippen molar-refractivity contribution in [2.24, 2.45) is 0 Å². The molecule has 4 aromatic rings. The Morgan fingerprint density at radius 2 is 1.84 bits per heavy atom. The summed E-state index contributed by atoms with van der Waals surface area (Å²) in [6, 6.07) is 15.9. The number of hydrogen-bond donors (Lipinski definition) is 5. The van der Waals surface area contributed by atoms with Crippen LogP contribution >= 0.6 is 7.82 Å². The summed E-state index contributed by atoms with van der Waals surface area (Å²) in [5.74, 6) is -0.928. The number of hydrogen-bond acceptors (Lipinski definition) is 9. The van der Waals surface area contributed by atoms with Crippen LogP contribution in [-0.4, -0.2) is 59.5 Å². The number of aromatic nitrogens is 4. The monoisotopic (exact) mass is 543 g/mol. The number of phosphoric acid groups is 1. The molecule has 0 bridgehead atoms. The number of ether oxygens (including phenoxy) is 1. The maximum atomic E-state index is 12.8. The van der Waals surface area contributed by atoms with Crippen molar-refractivity contribution in [2.45, 2.75) is 38.0 Å². The SMILES string of the molecule is Cc1ccccc1-c1ccc(Cn2c[n+]([C@H]3O[C@@H](COP(=O)(O)O)[C@H](O)[C@@H]3O)c3nc(N)nc([O-])c32)cc1. The zero-order chi connectivity index (χ0) is 27.2. The molecule has 0 spiro atoms. The van der Waals surface area contributed by atoms with E-state index in [9.17, 15) is 19.9 Å². The second kappa shape index (κ2) is 10.0. The van der Waals surface area contributed by atoms with Crippen molar-refractivity contribution in [1.82, 2.24) is 14.5 Å². The third-order valence-electron chi connectivity index (χ3n) is 6.43. The topological polar surface area (TPSA) is 200 Å². The number of aliphatic hydroxyl groups is 2. The minimum atomic E-state index is -4.83. The first-order valence-corrected chi connectivity index (χ1v) is 13.2. The van der Waals surface area contributed by atoms with Gasteiger partial charge in [-0.1, -0.05) is 53.5 Å². The Morgan fingerprint density at radius 3 is 2.53 bits per heavy atom. The lowest BCUT2D eigenvalue weighted by molar-refractivity contribution is -0.745. The number of fused-ring (bicyclic) bond motifs is 1. The zero-order valence-corrected chi connectivity index (χ0v) is 21.0. The fourth-order valence-corrected chi connectivity index (χ4v) is 4.93. The summed E-state index contributed by atoms with van der Waals surface area (Å²) in [4.78, 5) is 25.8. The molecule has 13 nitrogen and oxygen atoms in total. The fraction of sp³-hybridized carbons (Fsp3) is 0.292. The molecule has 0 aliphatic carbocycles. The van der Waals surface area contributed by atoms with Gasteiger partial charge in [0.2, 0.25) is 6.23 Å². The Labute approximate surface area is 216 Å². The molecule has 14 heteroatoms. The van der Waals surface area contributed by atoms with E-state index in [0.29, 0.717) is 0 Å². The number of aliphatic hydroxyl groups excluding tert-OH is 2. The molecule has 4 atom stereocenters. The van der Waals surface area contributed by atoms with Gasteiger partial charge in [-0.3, -0.25) is 9.09 Å². The Hall–Kier alpha value is -3.42. The van der Waals surface area contributed by atoms with Crippen LogP contribution < -0.4 is 15.4 Å². The van der Waals surface area contributed by atoms with Crippen LogP contribution in [-0.2, 0) is 20.4 Å². The van der Waals surface area contributed by atoms with Crippen LogP contribution in [0.15, 0.2) is 54.9 Å². The second-order valence-electron chi connectivity index (χ2n) is 9.05. The molecule has 200 valence electrons. The van der Waals surface area contributed by atoms with Gasteiger partial charge in [-0.2, -0.15) is 0 Å². The Bertz CT molecular complexity index is 1520. The second-order valence-corrected chi connectivity index (χ2v) is 10.3. The van der Waals surface area contributed by atoms with E-state index in [2.05, 4.69) is 14.5 Å². The van der Waals surface area contributed by atoms with Crippen molar-refractivity contribution in [1.29, 1.82) is 0 Å². The van der Waals surface area contributed by atoms with E-state index in [1.165, 1.54) is 10.9 Å². The summed E-state index contributed by atoms with van der Waals surface area (Å²) >= 11 is 0. The summed E-state index contributed by atoms with van der Waals surface area (Å²) in [6.45, 7) is 1.61. The van der Waals surface area contributed by atoms with Crippen LogP contribution in [0.4, 0.5) is 5.95 Å². The lowest BCUT2D eigenvalue weighted by Crippen LogP contribution is -2.46. The molecule has 0 saturated carbocycles. The van der Waals surface area contributed by atoms with E-state index in [-0.39, 0.29) is 23.7 Å². The number of phosphoric ester groups is 1. The van der Waals surface area contributed by atoms with Crippen molar-refractivity contribution >= 4 is 24.9 Å². The molecule has 1 aliphatic rings. The Balaban J connectivity index is 1.47. The van der Waals surface area contributed by atoms with Crippen LogP contribution in [0.3, 0.4) is 0 Å². The minimum absolute atomic E-state index is 0.0619. The standard InChI is InChI=1S/C24H26N5O8P/c1-13-4-2-3-5-16(13)15-8-6-14(7-9-15)10-28-12-29(21-18(28)22(32)27-24(25)26-21)23-20(31)19(30)17(37-23)11-36-38(33,34)35/h2-9,12,17,19-20,23,30-31H,10-11H2,1H3,(H4-,25,26,27,32,33,34,35)/t17-,19-,20-,23-/m0/s1. The quantitative estimate of drug-likeness (QED) is 0.157. The molecule has 38 heavy (non-hydrogen) atoms. The van der Waals surface area contributed by atoms with Gasteiger partial charge in [0.15, 0.2) is 11.8 Å². The normalized spacial score (nSPS) is 21.8. The van der Waals surface area contributed by atoms with Gasteiger partial charge in [0, 0.05) is 5.88 Å². The Kier molecular flexibility index (Phi) is 6.92. The van der Waals surface area contributed by atoms with Crippen molar-refractivity contribution in [3.63, 3.8) is 0 Å². The van der Waals surface area contributed by atoms with Crippen LogP contribution in [0.1, 0.15) is 17.4 Å². The molecule has 0 unspecified atom stereocenters. The lowest BCUT2D eigenvalue weighted by Gasteiger charge is -2.14. The first kappa shape index (κ1) is 26.2. The summed E-state index contributed by atoms with van der Waals surface area (Å²) in [6.07, 6.45) is -4.08. The summed E-state index contributed by atoms with van der Waals surface area (Å²) < 4.78 is 24.1. The van der Waals surface area contributed by atoms with E-state index in [0.717, 1.165) is 22.3 Å². The molecule has 5 rings (SSSR count). The number of nitrogen functional groups attached to an aromatic ring is 1.